The number of aromatic nitrogens is 3. The number of nitrogens with one attached hydrogen (secondary N) is 2. The molecule has 2 N–H and O–H groups in total. The number of H-pyrrole nitrogens is 2. The van der Waals surface area contributed by atoms with Gasteiger partial charge in [-0.3, -0.25) is 9.80 Å². The summed E-state index contributed by atoms with van der Waals surface area (Å²) < 4.78 is 13.7. The van der Waals surface area contributed by atoms with E-state index in [0.717, 1.165) is 43.6 Å². The van der Waals surface area contributed by atoms with Crippen LogP contribution in [0.1, 0.15) is 35.5 Å². The highest BCUT2D eigenvalue weighted by Crippen LogP contribution is 2.31. The molecule has 148 valence electrons. The van der Waals surface area contributed by atoms with E-state index in [9.17, 15) is 4.39 Å². The number of hydrogen-bond acceptors (Lipinski definition) is 3. The molecule has 0 aliphatic carbocycles. The van der Waals surface area contributed by atoms with Crippen molar-refractivity contribution in [2.45, 2.75) is 45.8 Å². The lowest BCUT2D eigenvalue weighted by atomic mass is 9.94. The standard InChI is InChI=1S/C22H28FN5/c1-14-19-7-17(23)4-6-20(19)26-21(14)12-28-9-16-3-5-18(28)10-27(8-16)11-22-15(2)24-13-25-22/h4,6-7,13,16,18,26H,3,5,8-12H2,1-2H3,(H,24,25)/t16-,18+/m1/s1. The molecule has 3 saturated heterocycles. The van der Waals surface area contributed by atoms with Gasteiger partial charge < -0.3 is 9.97 Å². The molecule has 5 heterocycles. The molecule has 2 bridgehead atoms. The van der Waals surface area contributed by atoms with E-state index in [2.05, 4.69) is 38.6 Å². The average Bonchev–Trinajstić information content (AvgIpc) is 3.07. The van der Waals surface area contributed by atoms with Gasteiger partial charge in [0.2, 0.25) is 0 Å². The third-order valence-corrected chi connectivity index (χ3v) is 6.70. The summed E-state index contributed by atoms with van der Waals surface area (Å²) in [4.78, 5) is 16.4. The normalized spacial score (nSPS) is 23.5. The van der Waals surface area contributed by atoms with Crippen molar-refractivity contribution in [3.8, 4) is 0 Å². The molecule has 3 aromatic rings. The predicted molar refractivity (Wildman–Crippen MR) is 109 cm³/mol. The van der Waals surface area contributed by atoms with Crippen LogP contribution in [0.25, 0.3) is 10.9 Å². The Bertz CT molecular complexity index is 990. The molecular weight excluding hydrogens is 353 g/mol. The van der Waals surface area contributed by atoms with Gasteiger partial charge in [-0.15, -0.1) is 0 Å². The van der Waals surface area contributed by atoms with E-state index >= 15 is 0 Å². The Morgan fingerprint density at radius 3 is 2.86 bits per heavy atom. The molecule has 1 aromatic carbocycles. The second-order valence-corrected chi connectivity index (χ2v) is 8.61. The highest BCUT2D eigenvalue weighted by atomic mass is 19.1. The molecule has 0 radical (unpaired) electrons. The zero-order chi connectivity index (χ0) is 19.3. The quantitative estimate of drug-likeness (QED) is 0.724. The maximum Gasteiger partial charge on any atom is 0.123 e. The Balaban J connectivity index is 1.34. The Morgan fingerprint density at radius 2 is 2.04 bits per heavy atom. The third-order valence-electron chi connectivity index (χ3n) is 6.70. The first kappa shape index (κ1) is 17.9. The van der Waals surface area contributed by atoms with Crippen molar-refractivity contribution in [1.29, 1.82) is 0 Å². The van der Waals surface area contributed by atoms with Crippen molar-refractivity contribution in [2.75, 3.05) is 19.6 Å². The van der Waals surface area contributed by atoms with Gasteiger partial charge in [0.05, 0.1) is 12.0 Å². The molecular formula is C22H28FN5. The lowest BCUT2D eigenvalue weighted by Crippen LogP contribution is -2.43. The van der Waals surface area contributed by atoms with Gasteiger partial charge in [-0.1, -0.05) is 0 Å². The monoisotopic (exact) mass is 381 g/mol. The number of rotatable bonds is 4. The second kappa shape index (κ2) is 7.01. The van der Waals surface area contributed by atoms with Crippen LogP contribution in [0, 0.1) is 25.6 Å². The average molecular weight is 381 g/mol. The Hall–Kier alpha value is -2.18. The number of aryl methyl sites for hydroxylation is 2. The molecule has 28 heavy (non-hydrogen) atoms. The van der Waals surface area contributed by atoms with Crippen molar-refractivity contribution in [3.05, 3.63) is 53.0 Å². The maximum absolute atomic E-state index is 13.7. The van der Waals surface area contributed by atoms with Gasteiger partial charge in [0, 0.05) is 61.1 Å². The fourth-order valence-electron chi connectivity index (χ4n) is 5.07. The predicted octanol–water partition coefficient (Wildman–Crippen LogP) is 3.74. The molecule has 5 nitrogen and oxygen atoms in total. The Labute approximate surface area is 164 Å². The zero-order valence-corrected chi connectivity index (χ0v) is 16.6. The van der Waals surface area contributed by atoms with Crippen LogP contribution >= 0.6 is 0 Å². The Kier molecular flexibility index (Phi) is 4.48. The number of nitrogens with zero attached hydrogens (tertiary/aromatic N) is 3. The van der Waals surface area contributed by atoms with E-state index in [0.29, 0.717) is 12.0 Å². The summed E-state index contributed by atoms with van der Waals surface area (Å²) in [6.45, 7) is 9.44. The topological polar surface area (TPSA) is 51.0 Å². The fourth-order valence-corrected chi connectivity index (χ4v) is 5.07. The van der Waals surface area contributed by atoms with Gasteiger partial charge in [0.15, 0.2) is 0 Å². The summed E-state index contributed by atoms with van der Waals surface area (Å²) >= 11 is 0. The molecule has 2 aromatic heterocycles. The van der Waals surface area contributed by atoms with Gasteiger partial charge in [-0.2, -0.15) is 0 Å². The molecule has 3 fully saturated rings. The van der Waals surface area contributed by atoms with E-state index in [1.807, 2.05) is 6.07 Å². The summed E-state index contributed by atoms with van der Waals surface area (Å²) in [5.74, 6) is 0.541. The highest BCUT2D eigenvalue weighted by Gasteiger charge is 2.35. The maximum atomic E-state index is 13.7. The minimum absolute atomic E-state index is 0.167. The number of hydrogen-bond donors (Lipinski definition) is 2. The van der Waals surface area contributed by atoms with E-state index in [-0.39, 0.29) is 5.82 Å². The van der Waals surface area contributed by atoms with Gasteiger partial charge in [0.25, 0.3) is 0 Å². The van der Waals surface area contributed by atoms with E-state index < -0.39 is 0 Å². The van der Waals surface area contributed by atoms with Crippen molar-refractivity contribution < 1.29 is 4.39 Å². The summed E-state index contributed by atoms with van der Waals surface area (Å²) in [7, 11) is 0. The van der Waals surface area contributed by atoms with Crippen LogP contribution in [-0.4, -0.2) is 50.4 Å². The molecule has 2 atom stereocenters. The molecule has 3 aliphatic heterocycles. The lowest BCUT2D eigenvalue weighted by Gasteiger charge is -2.36. The van der Waals surface area contributed by atoms with Crippen LogP contribution in [0.3, 0.4) is 0 Å². The van der Waals surface area contributed by atoms with E-state index in [1.165, 1.54) is 41.6 Å². The first-order valence-corrected chi connectivity index (χ1v) is 10.3. The first-order chi connectivity index (χ1) is 13.6. The van der Waals surface area contributed by atoms with Crippen LogP contribution in [0.4, 0.5) is 4.39 Å². The van der Waals surface area contributed by atoms with Crippen LogP contribution in [-0.2, 0) is 13.1 Å². The number of imidazole rings is 1. The fraction of sp³-hybridized carbons (Fsp3) is 0.500. The van der Waals surface area contributed by atoms with Crippen molar-refractivity contribution in [1.82, 2.24) is 24.8 Å². The number of benzene rings is 1. The van der Waals surface area contributed by atoms with Crippen molar-refractivity contribution >= 4 is 10.9 Å². The molecule has 6 rings (SSSR count). The summed E-state index contributed by atoms with van der Waals surface area (Å²) in [6, 6.07) is 5.60. The van der Waals surface area contributed by atoms with Crippen LogP contribution < -0.4 is 0 Å². The minimum Gasteiger partial charge on any atom is -0.357 e. The van der Waals surface area contributed by atoms with Crippen LogP contribution in [0.5, 0.6) is 0 Å². The van der Waals surface area contributed by atoms with Gasteiger partial charge in [0.1, 0.15) is 5.82 Å². The number of fused-ring (bicyclic) bond motifs is 5. The first-order valence-electron chi connectivity index (χ1n) is 10.3. The molecule has 3 aliphatic rings. The van der Waals surface area contributed by atoms with E-state index in [1.54, 1.807) is 12.4 Å². The van der Waals surface area contributed by atoms with Gasteiger partial charge in [-0.25, -0.2) is 9.37 Å². The highest BCUT2D eigenvalue weighted by molar-refractivity contribution is 5.84. The van der Waals surface area contributed by atoms with Crippen LogP contribution in [0.15, 0.2) is 24.5 Å². The number of halogens is 1. The van der Waals surface area contributed by atoms with Crippen molar-refractivity contribution in [3.63, 3.8) is 0 Å². The second-order valence-electron chi connectivity index (χ2n) is 8.61. The van der Waals surface area contributed by atoms with E-state index in [4.69, 9.17) is 0 Å². The summed E-state index contributed by atoms with van der Waals surface area (Å²) in [5, 5.41) is 1.01. The van der Waals surface area contributed by atoms with Gasteiger partial charge >= 0.3 is 0 Å². The molecule has 6 heteroatoms. The SMILES string of the molecule is Cc1[nH]cnc1CN1C[C@H]2CC[C@@H](C1)N(Cc1[nH]c3ccc(F)cc3c1C)C2. The number of aromatic amines is 2. The lowest BCUT2D eigenvalue weighted by molar-refractivity contribution is 0.121. The number of piperidine rings is 1. The van der Waals surface area contributed by atoms with Gasteiger partial charge in [-0.05, 0) is 56.4 Å². The molecule has 0 spiro atoms. The summed E-state index contributed by atoms with van der Waals surface area (Å²) in [6.07, 6.45) is 4.37. The largest absolute Gasteiger partial charge is 0.357 e. The smallest absolute Gasteiger partial charge is 0.123 e. The minimum atomic E-state index is -0.167. The molecule has 0 amide bonds. The Morgan fingerprint density at radius 1 is 1.14 bits per heavy atom. The third kappa shape index (κ3) is 3.25. The molecule has 0 saturated carbocycles. The van der Waals surface area contributed by atoms with Crippen LogP contribution in [0.2, 0.25) is 0 Å². The zero-order valence-electron chi connectivity index (χ0n) is 16.6. The molecule has 0 unspecified atom stereocenters. The summed E-state index contributed by atoms with van der Waals surface area (Å²) in [5.41, 5.74) is 5.78. The van der Waals surface area contributed by atoms with Crippen molar-refractivity contribution in [2.24, 2.45) is 5.92 Å².